The van der Waals surface area contributed by atoms with Crippen molar-refractivity contribution in [3.8, 4) is 0 Å². The molecule has 1 unspecified atom stereocenters. The number of hydrogen-bond acceptors (Lipinski definition) is 3. The lowest BCUT2D eigenvalue weighted by molar-refractivity contribution is -0.140. The maximum absolute atomic E-state index is 13.1. The fourth-order valence-corrected chi connectivity index (χ4v) is 4.59. The second-order valence-electron chi connectivity index (χ2n) is 8.13. The van der Waals surface area contributed by atoms with E-state index >= 15 is 0 Å². The van der Waals surface area contributed by atoms with E-state index in [4.69, 9.17) is 11.6 Å². The third kappa shape index (κ3) is 4.96. The Morgan fingerprint density at radius 3 is 2.40 bits per heavy atom. The smallest absolute Gasteiger partial charge is 0.227 e. The Hall–Kier alpha value is -2.53. The van der Waals surface area contributed by atoms with Gasteiger partial charge in [-0.15, -0.1) is 0 Å². The zero-order chi connectivity index (χ0) is 20.9. The molecule has 0 aromatic heterocycles. The van der Waals surface area contributed by atoms with Crippen LogP contribution in [0.2, 0.25) is 5.02 Å². The molecule has 0 spiro atoms. The van der Waals surface area contributed by atoms with Crippen molar-refractivity contribution in [1.29, 1.82) is 0 Å². The zero-order valence-corrected chi connectivity index (χ0v) is 17.9. The van der Waals surface area contributed by atoms with Gasteiger partial charge in [-0.2, -0.15) is 0 Å². The first-order valence-electron chi connectivity index (χ1n) is 10.7. The van der Waals surface area contributed by atoms with Crippen LogP contribution in [0.5, 0.6) is 0 Å². The van der Waals surface area contributed by atoms with Gasteiger partial charge < -0.3 is 14.7 Å². The first kappa shape index (κ1) is 20.7. The number of halogens is 1. The summed E-state index contributed by atoms with van der Waals surface area (Å²) in [6.45, 7) is 4.31. The molecule has 0 N–H and O–H groups in total. The topological polar surface area (TPSA) is 43.9 Å². The molecule has 0 saturated carbocycles. The minimum Gasteiger partial charge on any atom is -0.368 e. The van der Waals surface area contributed by atoms with E-state index in [0.29, 0.717) is 26.1 Å². The van der Waals surface area contributed by atoms with Gasteiger partial charge in [0.15, 0.2) is 0 Å². The number of piperidine rings is 1. The summed E-state index contributed by atoms with van der Waals surface area (Å²) in [4.78, 5) is 32.0. The van der Waals surface area contributed by atoms with Crippen LogP contribution in [-0.2, 0) is 16.0 Å². The highest BCUT2D eigenvalue weighted by molar-refractivity contribution is 6.30. The van der Waals surface area contributed by atoms with E-state index in [1.54, 1.807) is 0 Å². The zero-order valence-electron chi connectivity index (χ0n) is 17.2. The molecule has 5 nitrogen and oxygen atoms in total. The second-order valence-corrected chi connectivity index (χ2v) is 8.57. The van der Waals surface area contributed by atoms with Gasteiger partial charge in [-0.3, -0.25) is 9.59 Å². The van der Waals surface area contributed by atoms with Gasteiger partial charge in [0.1, 0.15) is 0 Å². The highest BCUT2D eigenvalue weighted by Crippen LogP contribution is 2.23. The van der Waals surface area contributed by atoms with E-state index in [2.05, 4.69) is 11.0 Å². The van der Waals surface area contributed by atoms with Crippen molar-refractivity contribution >= 4 is 29.1 Å². The van der Waals surface area contributed by atoms with E-state index in [1.165, 1.54) is 0 Å². The van der Waals surface area contributed by atoms with Crippen LogP contribution in [0.4, 0.5) is 5.69 Å². The highest BCUT2D eigenvalue weighted by Gasteiger charge is 2.32. The molecular formula is C24H28ClN3O2. The number of likely N-dealkylation sites (tertiary alicyclic amines) is 1. The number of hydrogen-bond donors (Lipinski definition) is 0. The summed E-state index contributed by atoms with van der Waals surface area (Å²) < 4.78 is 0. The van der Waals surface area contributed by atoms with E-state index in [9.17, 15) is 9.59 Å². The van der Waals surface area contributed by atoms with Crippen LogP contribution in [0.1, 0.15) is 18.4 Å². The molecule has 2 fully saturated rings. The van der Waals surface area contributed by atoms with E-state index in [-0.39, 0.29) is 17.7 Å². The van der Waals surface area contributed by atoms with Crippen molar-refractivity contribution in [2.75, 3.05) is 44.2 Å². The standard InChI is InChI=1S/C24H28ClN3O2/c25-21-9-4-10-22(17-21)26-12-14-27(15-13-26)24(30)20-8-5-11-28(18-20)23(29)16-19-6-2-1-3-7-19/h1-4,6-7,9-10,17,20H,5,8,11-16,18H2. The van der Waals surface area contributed by atoms with Crippen molar-refractivity contribution < 1.29 is 9.59 Å². The molecule has 2 heterocycles. The Bertz CT molecular complexity index is 881. The molecule has 2 aliphatic heterocycles. The van der Waals surface area contributed by atoms with Gasteiger partial charge in [0, 0.05) is 50.0 Å². The van der Waals surface area contributed by atoms with Crippen LogP contribution < -0.4 is 4.90 Å². The lowest BCUT2D eigenvalue weighted by Crippen LogP contribution is -2.53. The number of benzene rings is 2. The maximum Gasteiger partial charge on any atom is 0.227 e. The Balaban J connectivity index is 1.31. The molecule has 0 bridgehead atoms. The van der Waals surface area contributed by atoms with Gasteiger partial charge in [0.05, 0.1) is 12.3 Å². The van der Waals surface area contributed by atoms with E-state index < -0.39 is 0 Å². The number of anilines is 1. The average Bonchev–Trinajstić information content (AvgIpc) is 2.79. The van der Waals surface area contributed by atoms with Crippen LogP contribution in [0.25, 0.3) is 0 Å². The van der Waals surface area contributed by atoms with Crippen molar-refractivity contribution in [2.45, 2.75) is 19.3 Å². The molecule has 2 aliphatic rings. The van der Waals surface area contributed by atoms with Crippen molar-refractivity contribution in [1.82, 2.24) is 9.80 Å². The summed E-state index contributed by atoms with van der Waals surface area (Å²) in [7, 11) is 0. The number of carbonyl (C=O) groups is 2. The summed E-state index contributed by atoms with van der Waals surface area (Å²) in [5, 5.41) is 0.730. The molecule has 6 heteroatoms. The second kappa shape index (κ2) is 9.52. The van der Waals surface area contributed by atoms with Crippen LogP contribution in [0.3, 0.4) is 0 Å². The number of nitrogens with zero attached hydrogens (tertiary/aromatic N) is 3. The monoisotopic (exact) mass is 425 g/mol. The molecule has 2 saturated heterocycles. The summed E-state index contributed by atoms with van der Waals surface area (Å²) >= 11 is 6.11. The summed E-state index contributed by atoms with van der Waals surface area (Å²) in [5.41, 5.74) is 2.12. The molecule has 30 heavy (non-hydrogen) atoms. The number of amides is 2. The fraction of sp³-hybridized carbons (Fsp3) is 0.417. The molecule has 1 atom stereocenters. The fourth-order valence-electron chi connectivity index (χ4n) is 4.40. The predicted octanol–water partition coefficient (Wildman–Crippen LogP) is 3.47. The van der Waals surface area contributed by atoms with Gasteiger partial charge in [-0.1, -0.05) is 48.0 Å². The largest absolute Gasteiger partial charge is 0.368 e. The first-order valence-corrected chi connectivity index (χ1v) is 11.1. The highest BCUT2D eigenvalue weighted by atomic mass is 35.5. The third-order valence-electron chi connectivity index (χ3n) is 6.09. The summed E-state index contributed by atoms with van der Waals surface area (Å²) in [6.07, 6.45) is 2.15. The number of piperazine rings is 1. The minimum absolute atomic E-state index is 0.0869. The van der Waals surface area contributed by atoms with Gasteiger partial charge in [-0.05, 0) is 36.6 Å². The lowest BCUT2D eigenvalue weighted by Gasteiger charge is -2.39. The van der Waals surface area contributed by atoms with Crippen LogP contribution in [0, 0.1) is 5.92 Å². The summed E-state index contributed by atoms with van der Waals surface area (Å²) in [5.74, 6) is 0.221. The molecule has 4 rings (SSSR count). The molecule has 158 valence electrons. The number of carbonyl (C=O) groups excluding carboxylic acids is 2. The quantitative estimate of drug-likeness (QED) is 0.753. The van der Waals surface area contributed by atoms with Crippen LogP contribution in [-0.4, -0.2) is 60.9 Å². The van der Waals surface area contributed by atoms with Crippen molar-refractivity contribution in [3.63, 3.8) is 0 Å². The maximum atomic E-state index is 13.1. The van der Waals surface area contributed by atoms with Crippen molar-refractivity contribution in [3.05, 3.63) is 65.2 Å². The van der Waals surface area contributed by atoms with Gasteiger partial charge in [-0.25, -0.2) is 0 Å². The van der Waals surface area contributed by atoms with Crippen molar-refractivity contribution in [2.24, 2.45) is 5.92 Å². The Labute approximate surface area is 183 Å². The SMILES string of the molecule is O=C(Cc1ccccc1)N1CCCC(C(=O)N2CCN(c3cccc(Cl)c3)CC2)C1. The van der Waals surface area contributed by atoms with Crippen LogP contribution >= 0.6 is 11.6 Å². The van der Waals surface area contributed by atoms with Gasteiger partial charge in [0.2, 0.25) is 11.8 Å². The number of rotatable bonds is 4. The minimum atomic E-state index is -0.0869. The Morgan fingerprint density at radius 1 is 0.900 bits per heavy atom. The first-order chi connectivity index (χ1) is 14.6. The molecular weight excluding hydrogens is 398 g/mol. The predicted molar refractivity (Wildman–Crippen MR) is 120 cm³/mol. The van der Waals surface area contributed by atoms with Gasteiger partial charge >= 0.3 is 0 Å². The summed E-state index contributed by atoms with van der Waals surface area (Å²) in [6, 6.07) is 17.7. The third-order valence-corrected chi connectivity index (χ3v) is 6.32. The Kier molecular flexibility index (Phi) is 6.58. The van der Waals surface area contributed by atoms with Crippen LogP contribution in [0.15, 0.2) is 54.6 Å². The molecule has 0 aliphatic carbocycles. The molecule has 0 radical (unpaired) electrons. The van der Waals surface area contributed by atoms with E-state index in [0.717, 1.165) is 48.7 Å². The van der Waals surface area contributed by atoms with E-state index in [1.807, 2.05) is 58.3 Å². The molecule has 2 aromatic rings. The van der Waals surface area contributed by atoms with Gasteiger partial charge in [0.25, 0.3) is 0 Å². The molecule has 2 amide bonds. The molecule has 2 aromatic carbocycles. The Morgan fingerprint density at radius 2 is 1.67 bits per heavy atom. The normalized spacial score (nSPS) is 19.6. The lowest BCUT2D eigenvalue weighted by atomic mass is 9.95. The average molecular weight is 426 g/mol.